The quantitative estimate of drug-likeness (QED) is 0.707. The van der Waals surface area contributed by atoms with E-state index >= 15 is 0 Å². The third kappa shape index (κ3) is 2.84. The van der Waals surface area contributed by atoms with Crippen molar-refractivity contribution >= 4 is 26.7 Å². The van der Waals surface area contributed by atoms with Gasteiger partial charge in [0.25, 0.3) is 0 Å². The molecule has 1 radical (unpaired) electrons. The summed E-state index contributed by atoms with van der Waals surface area (Å²) in [5.41, 5.74) is 9.05. The van der Waals surface area contributed by atoms with Crippen LogP contribution in [0.2, 0.25) is 0 Å². The van der Waals surface area contributed by atoms with Gasteiger partial charge in [0.1, 0.15) is 15.6 Å². The van der Waals surface area contributed by atoms with Gasteiger partial charge in [0.05, 0.1) is 6.54 Å². The Labute approximate surface area is 140 Å². The summed E-state index contributed by atoms with van der Waals surface area (Å²) in [7, 11) is -3.06. The van der Waals surface area contributed by atoms with Crippen LogP contribution in [-0.2, 0) is 16.3 Å². The van der Waals surface area contributed by atoms with Crippen LogP contribution in [0.25, 0.3) is 11.2 Å². The number of imidazole rings is 1. The molecule has 3 N–H and O–H groups in total. The van der Waals surface area contributed by atoms with Crippen molar-refractivity contribution in [1.82, 2.24) is 19.5 Å². The Morgan fingerprint density at radius 2 is 1.92 bits per heavy atom. The normalized spacial score (nSPS) is 14.0. The molecule has 0 saturated heterocycles. The average molecular weight is 343 g/mol. The Kier molecular flexibility index (Phi) is 4.00. The number of aromatic nitrogens is 4. The number of hydrogen-bond acceptors (Lipinski definition) is 6. The van der Waals surface area contributed by atoms with Crippen molar-refractivity contribution in [2.75, 3.05) is 11.5 Å². The van der Waals surface area contributed by atoms with Crippen LogP contribution in [-0.4, -0.2) is 29.5 Å². The summed E-state index contributed by atoms with van der Waals surface area (Å²) in [6.07, 6.45) is 0. The number of hydrogen-bond donors (Lipinski definition) is 2. The predicted octanol–water partition coefficient (Wildman–Crippen LogP) is 2.37. The fourth-order valence-corrected chi connectivity index (χ4v) is 3.10. The highest BCUT2D eigenvalue weighted by Gasteiger charge is 2.19. The third-order valence-electron chi connectivity index (χ3n) is 3.84. The summed E-state index contributed by atoms with van der Waals surface area (Å²) in [4.78, 5) is 12.7. The molecule has 1 atom stereocenters. The minimum absolute atomic E-state index is 0.0555. The molecule has 125 valence electrons. The zero-order valence-electron chi connectivity index (χ0n) is 13.6. The molecule has 0 aliphatic rings. The van der Waals surface area contributed by atoms with E-state index in [9.17, 15) is 4.21 Å². The molecule has 0 saturated carbocycles. The number of aryl methyl sites for hydroxylation is 1. The Morgan fingerprint density at radius 1 is 1.25 bits per heavy atom. The minimum Gasteiger partial charge on any atom is -0.382 e. The molecule has 2 heterocycles. The van der Waals surface area contributed by atoms with Crippen molar-refractivity contribution in [1.29, 1.82) is 4.78 Å². The first-order valence-corrected chi connectivity index (χ1v) is 9.22. The van der Waals surface area contributed by atoms with Crippen molar-refractivity contribution in [2.45, 2.75) is 25.5 Å². The van der Waals surface area contributed by atoms with Crippen molar-refractivity contribution in [2.24, 2.45) is 0 Å². The Bertz CT molecular complexity index is 1010. The molecule has 2 aromatic heterocycles. The van der Waals surface area contributed by atoms with Gasteiger partial charge in [-0.15, -0.1) is 0 Å². The average Bonchev–Trinajstić information content (AvgIpc) is 2.86. The van der Waals surface area contributed by atoms with Gasteiger partial charge >= 0.3 is 0 Å². The van der Waals surface area contributed by atoms with E-state index in [0.717, 1.165) is 5.56 Å². The highest BCUT2D eigenvalue weighted by Crippen LogP contribution is 2.22. The van der Waals surface area contributed by atoms with Gasteiger partial charge in [-0.05, 0) is 12.5 Å². The maximum absolute atomic E-state index is 12.3. The smallest absolute Gasteiger partial charge is 0.231 e. The number of anilines is 1. The summed E-state index contributed by atoms with van der Waals surface area (Å²) in [6, 6.07) is 8.09. The standard InChI is InChI=1S/C16H19N6OS/c1-4-24(18,23)16-20-14(17)13-15(21-16)22(11(3)19-13)9-12-7-5-10(2)6-8-12/h5-8,18H,3-4,9H2,1-2H3,(H2,17,20,21)/t24-/m1/s1. The number of nitrogen functional groups attached to an aromatic ring is 1. The second-order valence-electron chi connectivity index (χ2n) is 5.63. The molecule has 0 aliphatic carbocycles. The second-order valence-corrected chi connectivity index (χ2v) is 7.92. The lowest BCUT2D eigenvalue weighted by Crippen LogP contribution is -2.11. The van der Waals surface area contributed by atoms with Gasteiger partial charge in [-0.1, -0.05) is 36.8 Å². The van der Waals surface area contributed by atoms with Crippen LogP contribution >= 0.6 is 0 Å². The lowest BCUT2D eigenvalue weighted by Gasteiger charge is -2.09. The third-order valence-corrected chi connectivity index (χ3v) is 5.43. The molecule has 1 aromatic carbocycles. The number of nitrogens with zero attached hydrogens (tertiary/aromatic N) is 4. The first kappa shape index (κ1) is 16.4. The van der Waals surface area contributed by atoms with Crippen LogP contribution in [0.4, 0.5) is 5.82 Å². The van der Waals surface area contributed by atoms with E-state index in [4.69, 9.17) is 10.5 Å². The summed E-state index contributed by atoms with van der Waals surface area (Å²) in [5.74, 6) is 0.744. The molecule has 0 amide bonds. The van der Waals surface area contributed by atoms with Gasteiger partial charge in [-0.2, -0.15) is 4.98 Å². The van der Waals surface area contributed by atoms with Crippen molar-refractivity contribution in [3.05, 3.63) is 48.1 Å². The molecule has 0 bridgehead atoms. The molecule has 3 rings (SSSR count). The van der Waals surface area contributed by atoms with Gasteiger partial charge in [-0.3, -0.25) is 0 Å². The van der Waals surface area contributed by atoms with Crippen molar-refractivity contribution < 1.29 is 4.21 Å². The summed E-state index contributed by atoms with van der Waals surface area (Å²) < 4.78 is 22.0. The van der Waals surface area contributed by atoms with Crippen molar-refractivity contribution in [3.8, 4) is 0 Å². The molecule has 0 unspecified atom stereocenters. The second kappa shape index (κ2) is 5.86. The maximum Gasteiger partial charge on any atom is 0.231 e. The van der Waals surface area contributed by atoms with Crippen LogP contribution in [0.15, 0.2) is 29.4 Å². The lowest BCUT2D eigenvalue weighted by molar-refractivity contribution is 0.667. The summed E-state index contributed by atoms with van der Waals surface area (Å²) in [6.45, 7) is 8.13. The molecule has 0 fully saturated rings. The van der Waals surface area contributed by atoms with Gasteiger partial charge in [0.2, 0.25) is 5.16 Å². The minimum atomic E-state index is -3.06. The van der Waals surface area contributed by atoms with Gasteiger partial charge in [-0.25, -0.2) is 19.0 Å². The number of rotatable bonds is 4. The SMILES string of the molecule is [CH2]c1nc2c(N)nc([S@](=N)(=O)CC)nc2n1Cc1ccc(C)cc1. The van der Waals surface area contributed by atoms with E-state index < -0.39 is 9.73 Å². The number of nitrogens with one attached hydrogen (secondary N) is 1. The number of fused-ring (bicyclic) bond motifs is 1. The fraction of sp³-hybridized carbons (Fsp3) is 0.250. The van der Waals surface area contributed by atoms with E-state index in [2.05, 4.69) is 21.9 Å². The van der Waals surface area contributed by atoms with Gasteiger partial charge in [0, 0.05) is 12.7 Å². The summed E-state index contributed by atoms with van der Waals surface area (Å²) in [5, 5.41) is -0.0555. The number of nitrogens with two attached hydrogens (primary N) is 1. The van der Waals surface area contributed by atoms with Gasteiger partial charge in [0.15, 0.2) is 17.0 Å². The van der Waals surface area contributed by atoms with Gasteiger partial charge < -0.3 is 10.3 Å². The van der Waals surface area contributed by atoms with Crippen LogP contribution in [0.3, 0.4) is 0 Å². The Morgan fingerprint density at radius 3 is 2.54 bits per heavy atom. The molecule has 0 aliphatic heterocycles. The predicted molar refractivity (Wildman–Crippen MR) is 94.1 cm³/mol. The molecule has 0 spiro atoms. The zero-order chi connectivity index (χ0) is 17.5. The van der Waals surface area contributed by atoms with E-state index in [1.807, 2.05) is 31.2 Å². The highest BCUT2D eigenvalue weighted by atomic mass is 32.2. The van der Waals surface area contributed by atoms with Crippen LogP contribution in [0.5, 0.6) is 0 Å². The molecular formula is C16H19N6OS. The van der Waals surface area contributed by atoms with E-state index in [-0.39, 0.29) is 16.7 Å². The molecule has 3 aromatic rings. The van der Waals surface area contributed by atoms with E-state index in [1.54, 1.807) is 11.5 Å². The first-order valence-electron chi connectivity index (χ1n) is 7.49. The summed E-state index contributed by atoms with van der Waals surface area (Å²) >= 11 is 0. The Balaban J connectivity index is 2.17. The van der Waals surface area contributed by atoms with E-state index in [1.165, 1.54) is 5.56 Å². The van der Waals surface area contributed by atoms with Crippen LogP contribution in [0, 0.1) is 18.6 Å². The molecule has 24 heavy (non-hydrogen) atoms. The topological polar surface area (TPSA) is 111 Å². The molecule has 7 nitrogen and oxygen atoms in total. The van der Waals surface area contributed by atoms with Crippen LogP contribution < -0.4 is 5.73 Å². The zero-order valence-corrected chi connectivity index (χ0v) is 14.4. The van der Waals surface area contributed by atoms with Crippen LogP contribution in [0.1, 0.15) is 23.9 Å². The van der Waals surface area contributed by atoms with Crippen molar-refractivity contribution in [3.63, 3.8) is 0 Å². The largest absolute Gasteiger partial charge is 0.382 e. The molecular weight excluding hydrogens is 324 g/mol. The molecule has 8 heteroatoms. The lowest BCUT2D eigenvalue weighted by atomic mass is 10.1. The Hall–Kier alpha value is -2.48. The number of benzene rings is 1. The first-order chi connectivity index (χ1) is 11.3. The highest BCUT2D eigenvalue weighted by molar-refractivity contribution is 7.92. The van der Waals surface area contributed by atoms with E-state index in [0.29, 0.717) is 23.5 Å². The fourth-order valence-electron chi connectivity index (χ4n) is 2.36. The maximum atomic E-state index is 12.3. The monoisotopic (exact) mass is 343 g/mol.